The van der Waals surface area contributed by atoms with E-state index in [0.717, 1.165) is 22.6 Å². The highest BCUT2D eigenvalue weighted by Gasteiger charge is 2.27. The first-order valence-corrected chi connectivity index (χ1v) is 8.60. The summed E-state index contributed by atoms with van der Waals surface area (Å²) in [4.78, 5) is 0. The van der Waals surface area contributed by atoms with Crippen LogP contribution in [0.15, 0.2) is 66.7 Å². The summed E-state index contributed by atoms with van der Waals surface area (Å²) in [5.74, 6) is 3.66. The van der Waals surface area contributed by atoms with Crippen LogP contribution < -0.4 is 18.9 Å². The largest absolute Gasteiger partial charge is 0.493 e. The Morgan fingerprint density at radius 1 is 0.519 bits per heavy atom. The van der Waals surface area contributed by atoms with Crippen LogP contribution in [0.4, 0.5) is 0 Å². The molecule has 3 aromatic rings. The minimum absolute atomic E-state index is 0.670. The van der Waals surface area contributed by atoms with Crippen LogP contribution in [-0.4, -0.2) is 28.4 Å². The molecule has 0 unspecified atom stereocenters. The highest BCUT2D eigenvalue weighted by atomic mass is 16.5. The summed E-state index contributed by atoms with van der Waals surface area (Å²) in [5.41, 5.74) is 2.86. The van der Waals surface area contributed by atoms with Crippen molar-refractivity contribution in [2.24, 2.45) is 0 Å². The number of benzene rings is 3. The molecule has 0 saturated carbocycles. The molecule has 4 heteroatoms. The molecule has 0 aliphatic carbocycles. The predicted molar refractivity (Wildman–Crippen MR) is 106 cm³/mol. The van der Waals surface area contributed by atoms with Gasteiger partial charge in [-0.25, -0.2) is 0 Å². The van der Waals surface area contributed by atoms with Crippen molar-refractivity contribution in [3.63, 3.8) is 0 Å². The fraction of sp³-hybridized carbons (Fsp3) is 0.174. The zero-order valence-electron chi connectivity index (χ0n) is 16.0. The van der Waals surface area contributed by atoms with Crippen molar-refractivity contribution >= 4 is 0 Å². The molecule has 139 valence electrons. The van der Waals surface area contributed by atoms with E-state index in [-0.39, 0.29) is 0 Å². The van der Waals surface area contributed by atoms with Crippen LogP contribution in [0, 0.1) is 5.92 Å². The molecule has 0 amide bonds. The second-order valence-electron chi connectivity index (χ2n) is 5.82. The lowest BCUT2D eigenvalue weighted by atomic mass is 9.84. The van der Waals surface area contributed by atoms with E-state index in [1.54, 1.807) is 28.4 Å². The van der Waals surface area contributed by atoms with Gasteiger partial charge in [0.15, 0.2) is 23.0 Å². The molecule has 0 N–H and O–H groups in total. The molecule has 0 bridgehead atoms. The summed E-state index contributed by atoms with van der Waals surface area (Å²) < 4.78 is 22.4. The van der Waals surface area contributed by atoms with Crippen molar-refractivity contribution in [2.45, 2.75) is 0 Å². The van der Waals surface area contributed by atoms with E-state index in [2.05, 4.69) is 12.1 Å². The van der Waals surface area contributed by atoms with Gasteiger partial charge < -0.3 is 18.9 Å². The van der Waals surface area contributed by atoms with Crippen LogP contribution in [0.5, 0.6) is 23.0 Å². The van der Waals surface area contributed by atoms with Gasteiger partial charge in [0.1, 0.15) is 0 Å². The maximum absolute atomic E-state index is 5.70. The Morgan fingerprint density at radius 3 is 1.41 bits per heavy atom. The SMILES string of the molecule is COc1cccc([C](c2ccccc2)c2cccc(OC)c2OC)c1OC. The van der Waals surface area contributed by atoms with Gasteiger partial charge in [-0.15, -0.1) is 0 Å². The Kier molecular flexibility index (Phi) is 5.87. The minimum Gasteiger partial charge on any atom is -0.493 e. The third-order valence-corrected chi connectivity index (χ3v) is 4.41. The molecule has 0 aromatic heterocycles. The van der Waals surface area contributed by atoms with Crippen LogP contribution in [-0.2, 0) is 0 Å². The highest BCUT2D eigenvalue weighted by molar-refractivity contribution is 5.69. The summed E-state index contributed by atoms with van der Waals surface area (Å²) in [6.45, 7) is 0. The molecule has 0 heterocycles. The van der Waals surface area contributed by atoms with Gasteiger partial charge in [0.25, 0.3) is 0 Å². The molecule has 0 spiro atoms. The fourth-order valence-electron chi connectivity index (χ4n) is 3.23. The smallest absolute Gasteiger partial charge is 0.165 e. The maximum Gasteiger partial charge on any atom is 0.165 e. The molecule has 0 atom stereocenters. The van der Waals surface area contributed by atoms with Crippen molar-refractivity contribution in [3.8, 4) is 23.0 Å². The van der Waals surface area contributed by atoms with Gasteiger partial charge in [-0.2, -0.15) is 0 Å². The van der Waals surface area contributed by atoms with Crippen molar-refractivity contribution in [1.29, 1.82) is 0 Å². The van der Waals surface area contributed by atoms with Gasteiger partial charge in [-0.05, 0) is 17.7 Å². The normalized spacial score (nSPS) is 10.6. The first kappa shape index (κ1) is 18.6. The number of para-hydroxylation sites is 2. The first-order chi connectivity index (χ1) is 13.2. The average molecular weight is 363 g/mol. The third-order valence-electron chi connectivity index (χ3n) is 4.41. The molecule has 4 nitrogen and oxygen atoms in total. The van der Waals surface area contributed by atoms with Gasteiger partial charge in [-0.3, -0.25) is 0 Å². The second kappa shape index (κ2) is 8.49. The molecular formula is C23H23O4. The van der Waals surface area contributed by atoms with E-state index in [1.807, 2.05) is 54.6 Å². The van der Waals surface area contributed by atoms with Gasteiger partial charge in [0, 0.05) is 11.1 Å². The number of hydrogen-bond acceptors (Lipinski definition) is 4. The van der Waals surface area contributed by atoms with Gasteiger partial charge in [0.05, 0.1) is 34.4 Å². The lowest BCUT2D eigenvalue weighted by molar-refractivity contribution is 0.350. The Labute approximate surface area is 160 Å². The van der Waals surface area contributed by atoms with Crippen molar-refractivity contribution < 1.29 is 18.9 Å². The monoisotopic (exact) mass is 363 g/mol. The van der Waals surface area contributed by atoms with Crippen LogP contribution in [0.2, 0.25) is 0 Å². The lowest BCUT2D eigenvalue weighted by Crippen LogP contribution is -2.09. The lowest BCUT2D eigenvalue weighted by Gasteiger charge is -2.24. The zero-order chi connectivity index (χ0) is 19.2. The maximum atomic E-state index is 5.70. The number of ether oxygens (including phenoxy) is 4. The van der Waals surface area contributed by atoms with Gasteiger partial charge >= 0.3 is 0 Å². The Balaban J connectivity index is 2.31. The molecular weight excluding hydrogens is 340 g/mol. The molecule has 3 aromatic carbocycles. The Bertz CT molecular complexity index is 835. The number of rotatable bonds is 7. The summed E-state index contributed by atoms with van der Waals surface area (Å²) >= 11 is 0. The summed E-state index contributed by atoms with van der Waals surface area (Å²) in [7, 11) is 6.56. The summed E-state index contributed by atoms with van der Waals surface area (Å²) in [6.07, 6.45) is 0. The summed E-state index contributed by atoms with van der Waals surface area (Å²) in [6, 6.07) is 21.8. The quantitative estimate of drug-likeness (QED) is 0.568. The molecule has 0 saturated heterocycles. The summed E-state index contributed by atoms with van der Waals surface area (Å²) in [5, 5.41) is 0. The van der Waals surface area contributed by atoms with E-state index >= 15 is 0 Å². The van der Waals surface area contributed by atoms with Crippen LogP contribution in [0.1, 0.15) is 16.7 Å². The van der Waals surface area contributed by atoms with Crippen LogP contribution in [0.25, 0.3) is 0 Å². The highest BCUT2D eigenvalue weighted by Crippen LogP contribution is 2.45. The predicted octanol–water partition coefficient (Wildman–Crippen LogP) is 4.74. The van der Waals surface area contributed by atoms with Crippen molar-refractivity contribution in [3.05, 3.63) is 89.3 Å². The van der Waals surface area contributed by atoms with Crippen LogP contribution in [0.3, 0.4) is 0 Å². The Morgan fingerprint density at radius 2 is 1.00 bits per heavy atom. The molecule has 0 aliphatic rings. The van der Waals surface area contributed by atoms with E-state index < -0.39 is 0 Å². The molecule has 3 rings (SSSR count). The van der Waals surface area contributed by atoms with Crippen molar-refractivity contribution in [1.82, 2.24) is 0 Å². The van der Waals surface area contributed by atoms with E-state index in [9.17, 15) is 0 Å². The Hall–Kier alpha value is -3.14. The van der Waals surface area contributed by atoms with Crippen LogP contribution >= 0.6 is 0 Å². The van der Waals surface area contributed by atoms with E-state index in [4.69, 9.17) is 18.9 Å². The fourth-order valence-corrected chi connectivity index (χ4v) is 3.23. The van der Waals surface area contributed by atoms with Gasteiger partial charge in [-0.1, -0.05) is 54.6 Å². The first-order valence-electron chi connectivity index (χ1n) is 8.60. The van der Waals surface area contributed by atoms with Gasteiger partial charge in [0.2, 0.25) is 0 Å². The third kappa shape index (κ3) is 3.56. The molecule has 0 aliphatic heterocycles. The minimum atomic E-state index is 0.670. The molecule has 0 fully saturated rings. The topological polar surface area (TPSA) is 36.9 Å². The number of methoxy groups -OCH3 is 4. The van der Waals surface area contributed by atoms with E-state index in [1.165, 1.54) is 0 Å². The number of hydrogen-bond donors (Lipinski definition) is 0. The average Bonchev–Trinajstić information content (AvgIpc) is 2.74. The standard InChI is InChI=1S/C23H23O4/c1-24-19-14-8-12-17(22(19)26-3)21(16-10-6-5-7-11-16)18-13-9-15-20(25-2)23(18)27-4/h5-15H,1-4H3. The molecule has 27 heavy (non-hydrogen) atoms. The second-order valence-corrected chi connectivity index (χ2v) is 5.82. The zero-order valence-corrected chi connectivity index (χ0v) is 16.0. The van der Waals surface area contributed by atoms with E-state index in [0.29, 0.717) is 23.0 Å². The van der Waals surface area contributed by atoms with Crippen molar-refractivity contribution in [2.75, 3.05) is 28.4 Å². The molecule has 1 radical (unpaired) electrons.